The van der Waals surface area contributed by atoms with Crippen LogP contribution in [0.4, 0.5) is 0 Å². The van der Waals surface area contributed by atoms with Crippen LogP contribution in [-0.2, 0) is 0 Å². The van der Waals surface area contributed by atoms with Crippen molar-refractivity contribution in [3.8, 4) is 11.5 Å². The number of carbonyl (C=O) groups is 1. The Bertz CT molecular complexity index is 390. The second-order valence-corrected chi connectivity index (χ2v) is 2.34. The van der Waals surface area contributed by atoms with Crippen LogP contribution in [0.2, 0.25) is 0 Å². The summed E-state index contributed by atoms with van der Waals surface area (Å²) in [4.78, 5) is 10.6. The Morgan fingerprint density at radius 1 is 1.42 bits per heavy atom. The first-order valence-corrected chi connectivity index (χ1v) is 3.59. The number of benzene rings is 1. The molecule has 0 aromatic heterocycles. The van der Waals surface area contributed by atoms with Crippen molar-refractivity contribution in [3.63, 3.8) is 0 Å². The third-order valence-corrected chi connectivity index (χ3v) is 1.54. The van der Waals surface area contributed by atoms with Crippen molar-refractivity contribution < 1.29 is 17.0 Å². The summed E-state index contributed by atoms with van der Waals surface area (Å²) in [5.74, 6) is 0.631. The van der Waals surface area contributed by atoms with Gasteiger partial charge < -0.3 is 9.47 Å². The van der Waals surface area contributed by atoms with E-state index in [1.165, 1.54) is 6.07 Å². The lowest BCUT2D eigenvalue weighted by Crippen LogP contribution is -2.15. The first-order valence-electron chi connectivity index (χ1n) is 4.59. The fourth-order valence-corrected chi connectivity index (χ4v) is 1.00. The molecule has 2 rings (SSSR count). The molecule has 0 unspecified atom stereocenters. The van der Waals surface area contributed by atoms with E-state index in [9.17, 15) is 4.79 Å². The fourth-order valence-electron chi connectivity index (χ4n) is 1.00. The van der Waals surface area contributed by atoms with Gasteiger partial charge in [-0.25, -0.2) is 0 Å². The van der Waals surface area contributed by atoms with E-state index in [2.05, 4.69) is 0 Å². The molecule has 0 saturated carbocycles. The lowest BCUT2D eigenvalue weighted by Gasteiger charge is -2.17. The summed E-state index contributed by atoms with van der Waals surface area (Å²) in [7, 11) is 0. The number of carbonyl (C=O) groups excluding carboxylic acids is 1. The van der Waals surface area contributed by atoms with E-state index in [-0.39, 0.29) is 23.4 Å². The highest BCUT2D eigenvalue weighted by atomic mass is 16.6. The Labute approximate surface area is 72.7 Å². The molecule has 0 N–H and O–H groups in total. The lowest BCUT2D eigenvalue weighted by molar-refractivity contribution is 0.112. The highest BCUT2D eigenvalue weighted by molar-refractivity contribution is 5.76. The normalized spacial score (nSPS) is 16.3. The molecule has 1 aliphatic rings. The van der Waals surface area contributed by atoms with Gasteiger partial charge in [0.25, 0.3) is 0 Å². The molecule has 0 bridgehead atoms. The Morgan fingerprint density at radius 2 is 2.17 bits per heavy atom. The Morgan fingerprint density at radius 3 is 2.92 bits per heavy atom. The van der Waals surface area contributed by atoms with Gasteiger partial charge >= 0.3 is 0 Å². The van der Waals surface area contributed by atoms with Gasteiger partial charge in [0, 0.05) is 5.56 Å². The number of fused-ring (bicyclic) bond motifs is 1. The highest BCUT2D eigenvalue weighted by Crippen LogP contribution is 2.29. The molecule has 1 aromatic rings. The summed E-state index contributed by atoms with van der Waals surface area (Å²) in [5, 5.41) is 0. The first kappa shape index (κ1) is 5.19. The van der Waals surface area contributed by atoms with Crippen LogP contribution in [0.5, 0.6) is 11.5 Å². The van der Waals surface area contributed by atoms with Crippen LogP contribution >= 0.6 is 0 Å². The van der Waals surface area contributed by atoms with Crippen molar-refractivity contribution in [1.29, 1.82) is 0 Å². The van der Waals surface area contributed by atoms with Crippen molar-refractivity contribution in [1.82, 2.24) is 0 Å². The zero-order valence-electron chi connectivity index (χ0n) is 8.29. The van der Waals surface area contributed by atoms with Crippen LogP contribution < -0.4 is 9.47 Å². The van der Waals surface area contributed by atoms with Crippen molar-refractivity contribution in [2.45, 2.75) is 0 Å². The van der Waals surface area contributed by atoms with E-state index in [0.29, 0.717) is 25.2 Å². The van der Waals surface area contributed by atoms with E-state index < -0.39 is 0 Å². The number of rotatable bonds is 1. The molecule has 3 heteroatoms. The summed E-state index contributed by atoms with van der Waals surface area (Å²) in [6, 6.07) is 1.33. The van der Waals surface area contributed by atoms with Gasteiger partial charge in [0.1, 0.15) is 19.5 Å². The molecule has 12 heavy (non-hydrogen) atoms. The molecule has 1 aromatic carbocycles. The molecule has 0 amide bonds. The number of ether oxygens (including phenoxy) is 2. The average Bonchev–Trinajstić information content (AvgIpc) is 2.18. The summed E-state index contributed by atoms with van der Waals surface area (Å²) < 4.78 is 25.5. The molecule has 1 aliphatic heterocycles. The van der Waals surface area contributed by atoms with Crippen LogP contribution in [0.15, 0.2) is 18.2 Å². The zero-order valence-corrected chi connectivity index (χ0v) is 6.29. The molecule has 0 radical (unpaired) electrons. The molecule has 0 atom stereocenters. The molecule has 0 spiro atoms. The Balaban J connectivity index is 2.63. The molecule has 0 saturated heterocycles. The quantitative estimate of drug-likeness (QED) is 0.589. The van der Waals surface area contributed by atoms with Gasteiger partial charge in [-0.2, -0.15) is 0 Å². The van der Waals surface area contributed by atoms with E-state index in [1.807, 2.05) is 0 Å². The molecule has 0 aliphatic carbocycles. The van der Waals surface area contributed by atoms with Crippen LogP contribution in [0.1, 0.15) is 13.1 Å². The number of aldehydes is 1. The lowest BCUT2D eigenvalue weighted by atomic mass is 10.2. The second-order valence-electron chi connectivity index (χ2n) is 2.34. The summed E-state index contributed by atoms with van der Waals surface area (Å²) in [5.41, 5.74) is 0.0363. The maximum Gasteiger partial charge on any atom is 0.162 e. The topological polar surface area (TPSA) is 35.5 Å². The minimum atomic E-state index is -0.0674. The Kier molecular flexibility index (Phi) is 1.23. The Hall–Kier alpha value is -1.51. The van der Waals surface area contributed by atoms with Crippen LogP contribution in [-0.4, -0.2) is 19.5 Å². The van der Waals surface area contributed by atoms with E-state index in [1.54, 1.807) is 0 Å². The first-order chi connectivity index (χ1) is 6.74. The predicted octanol–water partition coefficient (Wildman–Crippen LogP) is 1.27. The van der Waals surface area contributed by atoms with Gasteiger partial charge in [-0.15, -0.1) is 0 Å². The highest BCUT2D eigenvalue weighted by Gasteiger charge is 2.10. The third-order valence-electron chi connectivity index (χ3n) is 1.54. The van der Waals surface area contributed by atoms with E-state index in [4.69, 9.17) is 12.2 Å². The maximum atomic E-state index is 10.6. The van der Waals surface area contributed by atoms with Gasteiger partial charge in [0.15, 0.2) is 11.5 Å². The summed E-state index contributed by atoms with van der Waals surface area (Å²) >= 11 is 0. The molecule has 3 nitrogen and oxygen atoms in total. The van der Waals surface area contributed by atoms with Gasteiger partial charge in [-0.3, -0.25) is 4.79 Å². The smallest absolute Gasteiger partial charge is 0.162 e. The molecular weight excluding hydrogens is 156 g/mol. The molecular formula is C9H8O3. The third kappa shape index (κ3) is 1.13. The van der Waals surface area contributed by atoms with Crippen LogP contribution in [0, 0.1) is 0 Å². The second kappa shape index (κ2) is 2.85. The molecule has 0 fully saturated rings. The fraction of sp³-hybridized carbons (Fsp3) is 0.222. The van der Waals surface area contributed by atoms with Crippen molar-refractivity contribution in [3.05, 3.63) is 23.7 Å². The van der Waals surface area contributed by atoms with Gasteiger partial charge in [-0.1, -0.05) is 0 Å². The largest absolute Gasteiger partial charge is 0.486 e. The van der Waals surface area contributed by atoms with Gasteiger partial charge in [-0.05, 0) is 18.2 Å². The maximum absolute atomic E-state index is 10.6. The zero-order chi connectivity index (χ0) is 10.1. The van der Waals surface area contributed by atoms with Crippen molar-refractivity contribution in [2.75, 3.05) is 13.2 Å². The van der Waals surface area contributed by atoms with E-state index >= 15 is 0 Å². The molecule has 62 valence electrons. The standard InChI is InChI=1S/C9H8O3/c10-6-7-1-2-8-9(5-7)12-4-3-11-8/h1-2,5-6H,3-4H2/i1D,5D. The van der Waals surface area contributed by atoms with E-state index in [0.717, 1.165) is 0 Å². The van der Waals surface area contributed by atoms with Crippen LogP contribution in [0.25, 0.3) is 0 Å². The monoisotopic (exact) mass is 166 g/mol. The number of hydrogen-bond donors (Lipinski definition) is 0. The van der Waals surface area contributed by atoms with Gasteiger partial charge in [0.05, 0.1) is 2.74 Å². The summed E-state index contributed by atoms with van der Waals surface area (Å²) in [6.45, 7) is 0.779. The predicted molar refractivity (Wildman–Crippen MR) is 42.8 cm³/mol. The molecule has 1 heterocycles. The minimum Gasteiger partial charge on any atom is -0.486 e. The van der Waals surface area contributed by atoms with Crippen molar-refractivity contribution in [2.24, 2.45) is 0 Å². The van der Waals surface area contributed by atoms with Crippen LogP contribution in [0.3, 0.4) is 0 Å². The van der Waals surface area contributed by atoms with Crippen molar-refractivity contribution >= 4 is 6.29 Å². The average molecular weight is 166 g/mol. The number of hydrogen-bond acceptors (Lipinski definition) is 3. The SMILES string of the molecule is [2H]c1cc2c(c([2H])c1C=O)OCCO2. The summed E-state index contributed by atoms with van der Waals surface area (Å²) in [6.07, 6.45) is 0.489. The minimum absolute atomic E-state index is 0.00532. The van der Waals surface area contributed by atoms with Gasteiger partial charge in [0.2, 0.25) is 0 Å².